The molecule has 4 nitrogen and oxygen atoms in total. The molecule has 0 aliphatic carbocycles. The summed E-state index contributed by atoms with van der Waals surface area (Å²) in [6, 6.07) is 2.83. The molecule has 0 radical (unpaired) electrons. The first-order valence-electron chi connectivity index (χ1n) is 6.70. The number of hydrogen-bond donors (Lipinski definition) is 0. The minimum absolute atomic E-state index is 0.779. The quantitative estimate of drug-likeness (QED) is 0.780. The fourth-order valence-electron chi connectivity index (χ4n) is 3.14. The van der Waals surface area contributed by atoms with E-state index in [0.29, 0.717) is 0 Å². The van der Waals surface area contributed by atoms with E-state index in [4.69, 9.17) is 4.52 Å². The van der Waals surface area contributed by atoms with E-state index in [2.05, 4.69) is 21.0 Å². The topological polar surface area (TPSA) is 32.5 Å². The van der Waals surface area contributed by atoms with Crippen molar-refractivity contribution in [3.63, 3.8) is 0 Å². The molecule has 1 aromatic heterocycles. The lowest BCUT2D eigenvalue weighted by Gasteiger charge is -2.24. The molecule has 1 atom stereocenters. The first kappa shape index (κ1) is 11.2. The molecule has 4 heteroatoms. The summed E-state index contributed by atoms with van der Waals surface area (Å²) in [6.07, 6.45) is 4.02. The van der Waals surface area contributed by atoms with Gasteiger partial charge in [-0.1, -0.05) is 5.16 Å². The average molecular weight is 235 g/mol. The molecular formula is C13H21N3O. The largest absolute Gasteiger partial charge is 0.360 e. The van der Waals surface area contributed by atoms with Crippen LogP contribution in [0.25, 0.3) is 0 Å². The van der Waals surface area contributed by atoms with Crippen molar-refractivity contribution in [3.8, 4) is 0 Å². The van der Waals surface area contributed by atoms with Gasteiger partial charge in [-0.25, -0.2) is 0 Å². The zero-order valence-electron chi connectivity index (χ0n) is 10.6. The zero-order valence-corrected chi connectivity index (χ0v) is 10.6. The summed E-state index contributed by atoms with van der Waals surface area (Å²) in [5, 5.41) is 3.96. The van der Waals surface area contributed by atoms with Crippen molar-refractivity contribution < 1.29 is 4.52 Å². The van der Waals surface area contributed by atoms with Gasteiger partial charge >= 0.3 is 0 Å². The molecule has 3 rings (SSSR count). The average Bonchev–Trinajstić information content (AvgIpc) is 2.85. The Morgan fingerprint density at radius 3 is 3.06 bits per heavy atom. The van der Waals surface area contributed by atoms with E-state index in [9.17, 15) is 0 Å². The summed E-state index contributed by atoms with van der Waals surface area (Å²) >= 11 is 0. The molecule has 2 fully saturated rings. The number of fused-ring (bicyclic) bond motifs is 1. The van der Waals surface area contributed by atoms with Crippen LogP contribution in [-0.2, 0) is 6.54 Å². The zero-order chi connectivity index (χ0) is 11.7. The van der Waals surface area contributed by atoms with Gasteiger partial charge in [0.05, 0.1) is 12.2 Å². The summed E-state index contributed by atoms with van der Waals surface area (Å²) in [5.74, 6) is 1.01. The van der Waals surface area contributed by atoms with Crippen molar-refractivity contribution >= 4 is 0 Å². The Labute approximate surface area is 103 Å². The number of hydrogen-bond acceptors (Lipinski definition) is 4. The van der Waals surface area contributed by atoms with Gasteiger partial charge in [0.2, 0.25) is 0 Å². The maximum Gasteiger partial charge on any atom is 0.150 e. The van der Waals surface area contributed by atoms with Crippen LogP contribution in [0.15, 0.2) is 10.6 Å². The summed E-state index contributed by atoms with van der Waals surface area (Å²) in [6.45, 7) is 7.86. The second-order valence-corrected chi connectivity index (χ2v) is 5.36. The van der Waals surface area contributed by atoms with E-state index in [1.54, 1.807) is 0 Å². The molecule has 2 aliphatic heterocycles. The minimum Gasteiger partial charge on any atom is -0.360 e. The van der Waals surface area contributed by atoms with Gasteiger partial charge in [-0.2, -0.15) is 0 Å². The molecule has 1 unspecified atom stereocenters. The van der Waals surface area contributed by atoms with Crippen molar-refractivity contribution in [2.75, 3.05) is 26.2 Å². The summed E-state index contributed by atoms with van der Waals surface area (Å²) < 4.78 is 5.31. The van der Waals surface area contributed by atoms with Crippen LogP contribution in [0.2, 0.25) is 0 Å². The SMILES string of the molecule is Cc1cc(CN2CCCN3CCCC3C2)on1. The molecule has 0 aromatic carbocycles. The van der Waals surface area contributed by atoms with Gasteiger partial charge in [0.1, 0.15) is 0 Å². The van der Waals surface area contributed by atoms with Gasteiger partial charge in [0, 0.05) is 18.7 Å². The molecule has 0 amide bonds. The highest BCUT2D eigenvalue weighted by Crippen LogP contribution is 2.22. The lowest BCUT2D eigenvalue weighted by atomic mass is 10.2. The van der Waals surface area contributed by atoms with Crippen LogP contribution >= 0.6 is 0 Å². The van der Waals surface area contributed by atoms with Gasteiger partial charge in [-0.05, 0) is 45.8 Å². The Morgan fingerprint density at radius 2 is 2.24 bits per heavy atom. The molecule has 2 aliphatic rings. The highest BCUT2D eigenvalue weighted by atomic mass is 16.5. The highest BCUT2D eigenvalue weighted by Gasteiger charge is 2.28. The fraction of sp³-hybridized carbons (Fsp3) is 0.769. The normalized spacial score (nSPS) is 27.0. The second kappa shape index (κ2) is 4.78. The first-order chi connectivity index (χ1) is 8.31. The molecule has 0 saturated carbocycles. The Hall–Kier alpha value is -0.870. The fourth-order valence-corrected chi connectivity index (χ4v) is 3.14. The molecule has 94 valence electrons. The van der Waals surface area contributed by atoms with Crippen molar-refractivity contribution in [3.05, 3.63) is 17.5 Å². The minimum atomic E-state index is 0.779. The molecule has 17 heavy (non-hydrogen) atoms. The van der Waals surface area contributed by atoms with Crippen molar-refractivity contribution in [1.82, 2.24) is 15.0 Å². The second-order valence-electron chi connectivity index (χ2n) is 5.36. The van der Waals surface area contributed by atoms with E-state index in [-0.39, 0.29) is 0 Å². The van der Waals surface area contributed by atoms with Crippen molar-refractivity contribution in [1.29, 1.82) is 0 Å². The molecule has 0 spiro atoms. The summed E-state index contributed by atoms with van der Waals surface area (Å²) in [7, 11) is 0. The number of nitrogens with zero attached hydrogens (tertiary/aromatic N) is 3. The van der Waals surface area contributed by atoms with Crippen LogP contribution in [0.3, 0.4) is 0 Å². The predicted octanol–water partition coefficient (Wildman–Crippen LogP) is 1.65. The van der Waals surface area contributed by atoms with Crippen molar-refractivity contribution in [2.45, 2.75) is 38.8 Å². The lowest BCUT2D eigenvalue weighted by molar-refractivity contribution is 0.199. The van der Waals surface area contributed by atoms with Crippen LogP contribution < -0.4 is 0 Å². The number of aryl methyl sites for hydroxylation is 1. The highest BCUT2D eigenvalue weighted by molar-refractivity contribution is 5.03. The first-order valence-corrected chi connectivity index (χ1v) is 6.70. The van der Waals surface area contributed by atoms with Gasteiger partial charge in [0.15, 0.2) is 5.76 Å². The van der Waals surface area contributed by atoms with Crippen LogP contribution in [0, 0.1) is 6.92 Å². The van der Waals surface area contributed by atoms with E-state index >= 15 is 0 Å². The van der Waals surface area contributed by atoms with E-state index in [0.717, 1.165) is 24.0 Å². The summed E-state index contributed by atoms with van der Waals surface area (Å²) in [5.41, 5.74) is 0.984. The molecule has 2 saturated heterocycles. The van der Waals surface area contributed by atoms with E-state index in [1.165, 1.54) is 45.4 Å². The standard InChI is InChI=1S/C13H21N3O/c1-11-8-13(17-14-11)10-15-5-3-7-16-6-2-4-12(16)9-15/h8,12H,2-7,9-10H2,1H3. The molecule has 0 bridgehead atoms. The maximum atomic E-state index is 5.31. The van der Waals surface area contributed by atoms with E-state index in [1.807, 2.05) is 6.92 Å². The Morgan fingerprint density at radius 1 is 1.35 bits per heavy atom. The monoisotopic (exact) mass is 235 g/mol. The third kappa shape index (κ3) is 2.53. The number of rotatable bonds is 2. The third-order valence-corrected chi connectivity index (χ3v) is 3.94. The van der Waals surface area contributed by atoms with Crippen LogP contribution in [0.1, 0.15) is 30.7 Å². The molecule has 0 N–H and O–H groups in total. The Kier molecular flexibility index (Phi) is 3.16. The third-order valence-electron chi connectivity index (χ3n) is 3.94. The van der Waals surface area contributed by atoms with Crippen LogP contribution in [0.5, 0.6) is 0 Å². The maximum absolute atomic E-state index is 5.31. The van der Waals surface area contributed by atoms with Gasteiger partial charge < -0.3 is 4.52 Å². The predicted molar refractivity (Wildman–Crippen MR) is 65.7 cm³/mol. The Bertz CT molecular complexity index is 376. The smallest absolute Gasteiger partial charge is 0.150 e. The number of aromatic nitrogens is 1. The molecule has 3 heterocycles. The Balaban J connectivity index is 1.63. The van der Waals surface area contributed by atoms with Crippen LogP contribution in [0.4, 0.5) is 0 Å². The molecule has 1 aromatic rings. The van der Waals surface area contributed by atoms with Gasteiger partial charge in [-0.3, -0.25) is 9.80 Å². The van der Waals surface area contributed by atoms with Crippen LogP contribution in [-0.4, -0.2) is 47.2 Å². The summed E-state index contributed by atoms with van der Waals surface area (Å²) in [4.78, 5) is 5.18. The lowest BCUT2D eigenvalue weighted by Crippen LogP contribution is -2.36. The molecular weight excluding hydrogens is 214 g/mol. The van der Waals surface area contributed by atoms with Gasteiger partial charge in [0.25, 0.3) is 0 Å². The van der Waals surface area contributed by atoms with Gasteiger partial charge in [-0.15, -0.1) is 0 Å². The van der Waals surface area contributed by atoms with E-state index < -0.39 is 0 Å². The van der Waals surface area contributed by atoms with Crippen molar-refractivity contribution in [2.24, 2.45) is 0 Å².